The van der Waals surface area contributed by atoms with Crippen molar-refractivity contribution in [3.8, 4) is 11.5 Å². The van der Waals surface area contributed by atoms with Gasteiger partial charge in [0.2, 0.25) is 5.91 Å². The summed E-state index contributed by atoms with van der Waals surface area (Å²) in [5, 5.41) is 68.6. The van der Waals surface area contributed by atoms with Crippen molar-refractivity contribution in [3.05, 3.63) is 54.1 Å². The molecule has 1 aliphatic heterocycles. The van der Waals surface area contributed by atoms with Crippen LogP contribution < -0.4 is 14.8 Å². The zero-order valence-electron chi connectivity index (χ0n) is 39.5. The number of nitrogens with one attached hydrogen (secondary N) is 1. The van der Waals surface area contributed by atoms with E-state index in [-0.39, 0.29) is 6.42 Å². The average Bonchev–Trinajstić information content (AvgIpc) is 3.30. The summed E-state index contributed by atoms with van der Waals surface area (Å²) >= 11 is 0. The van der Waals surface area contributed by atoms with E-state index in [1.54, 1.807) is 24.3 Å². The van der Waals surface area contributed by atoms with Crippen LogP contribution in [-0.4, -0.2) is 118 Å². The minimum absolute atomic E-state index is 0.225. The van der Waals surface area contributed by atoms with Gasteiger partial charge < -0.3 is 54.9 Å². The number of unbranched alkanes of at least 4 members (excludes halogenated alkanes) is 19. The van der Waals surface area contributed by atoms with Crippen molar-refractivity contribution < 1.29 is 59.2 Å². The van der Waals surface area contributed by atoms with Gasteiger partial charge in [0, 0.05) is 0 Å². The molecule has 4 unspecified atom stereocenters. The molecule has 0 radical (unpaired) electrons. The second-order valence-electron chi connectivity index (χ2n) is 17.4. The largest absolute Gasteiger partial charge is 0.493 e. The minimum atomic E-state index is -2.55. The molecule has 13 nitrogen and oxygen atoms in total. The van der Waals surface area contributed by atoms with Gasteiger partial charge in [-0.1, -0.05) is 153 Å². The lowest BCUT2D eigenvalue weighted by Crippen LogP contribution is -2.66. The third-order valence-corrected chi connectivity index (χ3v) is 12.0. The Balaban J connectivity index is 1.96. The highest BCUT2D eigenvalue weighted by molar-refractivity contribution is 6.00. The van der Waals surface area contributed by atoms with Gasteiger partial charge in [0.25, 0.3) is 0 Å². The highest BCUT2D eigenvalue weighted by Crippen LogP contribution is 2.30. The fourth-order valence-corrected chi connectivity index (χ4v) is 7.72. The molecule has 1 amide bonds. The molecule has 0 bridgehead atoms. The number of ether oxygens (including phenoxy) is 4. The molecule has 1 fully saturated rings. The van der Waals surface area contributed by atoms with Crippen LogP contribution in [0.15, 0.2) is 48.6 Å². The first-order chi connectivity index (χ1) is 30.9. The second kappa shape index (κ2) is 34.2. The Bertz CT molecular complexity index is 1490. The van der Waals surface area contributed by atoms with E-state index >= 15 is 0 Å². The summed E-state index contributed by atoms with van der Waals surface area (Å²) in [6.45, 7) is 3.19. The molecule has 8 atom stereocenters. The van der Waals surface area contributed by atoms with Crippen LogP contribution in [0.25, 0.3) is 6.08 Å². The molecule has 0 aliphatic carbocycles. The number of aliphatic hydroxyl groups excluding tert-OH is 5. The number of benzene rings is 1. The Labute approximate surface area is 384 Å². The van der Waals surface area contributed by atoms with Gasteiger partial charge >= 0.3 is 0 Å². The Kier molecular flexibility index (Phi) is 30.5. The van der Waals surface area contributed by atoms with Crippen LogP contribution in [0.4, 0.5) is 0 Å². The van der Waals surface area contributed by atoms with E-state index in [0.717, 1.165) is 51.0 Å². The lowest BCUT2D eigenvalue weighted by molar-refractivity contribution is -0.279. The first kappa shape index (κ1) is 57.0. The first-order valence-corrected chi connectivity index (χ1v) is 24.4. The molecule has 1 aromatic carbocycles. The molecule has 1 heterocycles. The Morgan fingerprint density at radius 2 is 1.30 bits per heavy atom. The molecule has 0 aromatic heterocycles. The number of carbonyl (C=O) groups is 2. The van der Waals surface area contributed by atoms with E-state index in [1.165, 1.54) is 110 Å². The fraction of sp³-hybridized carbons (Fsp3) is 0.725. The molecule has 2 rings (SSSR count). The van der Waals surface area contributed by atoms with E-state index in [0.29, 0.717) is 23.5 Å². The summed E-state index contributed by atoms with van der Waals surface area (Å²) in [5.74, 6) is -0.760. The van der Waals surface area contributed by atoms with Gasteiger partial charge in [-0.2, -0.15) is 0 Å². The topological polar surface area (TPSA) is 204 Å². The first-order valence-electron chi connectivity index (χ1n) is 24.4. The number of hydrogen-bond donors (Lipinski definition) is 7. The van der Waals surface area contributed by atoms with E-state index in [2.05, 4.69) is 31.3 Å². The number of ketones is 1. The third-order valence-electron chi connectivity index (χ3n) is 12.0. The maximum atomic E-state index is 13.2. The SMILES string of the molecule is CCCCCCCC=CCCCCC(O)C(=O)NC(COC(O)[C@H]1OC[C@@](O)(C(=O)C=Cc2ccc(OC)c(OC)c2)[C@@H](O)[C@@H]1O)C(O)C=CCCCCCCCCCCCCCC. The number of carbonyl (C=O) groups excluding carboxylic acids is 2. The monoisotopic (exact) mass is 904 g/mol. The summed E-state index contributed by atoms with van der Waals surface area (Å²) in [6.07, 6.45) is 25.3. The summed E-state index contributed by atoms with van der Waals surface area (Å²) in [7, 11) is 2.95. The number of rotatable bonds is 37. The van der Waals surface area contributed by atoms with Gasteiger partial charge in [0.15, 0.2) is 29.2 Å². The highest BCUT2D eigenvalue weighted by Gasteiger charge is 2.54. The normalized spacial score (nSPS) is 21.1. The minimum Gasteiger partial charge on any atom is -0.493 e. The molecule has 1 saturated heterocycles. The molecule has 7 N–H and O–H groups in total. The van der Waals surface area contributed by atoms with Gasteiger partial charge in [0.05, 0.1) is 39.6 Å². The quantitative estimate of drug-likeness (QED) is 0.0148. The molecule has 1 aliphatic rings. The summed E-state index contributed by atoms with van der Waals surface area (Å²) in [5.41, 5.74) is -2.02. The molecule has 366 valence electrons. The maximum Gasteiger partial charge on any atom is 0.249 e. The van der Waals surface area contributed by atoms with Gasteiger partial charge in [-0.25, -0.2) is 0 Å². The predicted molar refractivity (Wildman–Crippen MR) is 252 cm³/mol. The fourth-order valence-electron chi connectivity index (χ4n) is 7.72. The van der Waals surface area contributed by atoms with Gasteiger partial charge in [-0.3, -0.25) is 9.59 Å². The summed E-state index contributed by atoms with van der Waals surface area (Å²) in [4.78, 5) is 26.3. The highest BCUT2D eigenvalue weighted by atomic mass is 16.6. The van der Waals surface area contributed by atoms with E-state index in [9.17, 15) is 40.2 Å². The van der Waals surface area contributed by atoms with Crippen LogP contribution in [0.5, 0.6) is 11.5 Å². The second-order valence-corrected chi connectivity index (χ2v) is 17.4. The zero-order valence-corrected chi connectivity index (χ0v) is 39.5. The summed E-state index contributed by atoms with van der Waals surface area (Å²) in [6, 6.07) is 3.79. The van der Waals surface area contributed by atoms with E-state index < -0.39 is 73.4 Å². The van der Waals surface area contributed by atoms with Crippen LogP contribution in [0.2, 0.25) is 0 Å². The standard InChI is InChI=1S/C51H85NO12/c1-5-7-9-11-13-15-17-18-19-21-22-24-26-28-30-41(53)40(52-49(58)42(54)31-29-27-25-23-20-16-14-12-10-8-6-2)37-63-50(59)47-46(56)48(57)51(60,38-64-47)45(55)35-33-39-32-34-43(61-3)44(36-39)62-4/h20,23,28,30,32-36,40-42,46-48,50,53-54,56-57,59-60H,5-19,21-22,24-27,29,31,37-38H2,1-4H3,(H,52,58)/t40?,41?,42?,46-,47+,48+,50?,51-/m1/s1. The molecular weight excluding hydrogens is 819 g/mol. The number of amides is 1. The van der Waals surface area contributed by atoms with Crippen LogP contribution in [-0.2, 0) is 19.1 Å². The van der Waals surface area contributed by atoms with Crippen molar-refractivity contribution in [2.75, 3.05) is 27.4 Å². The molecular formula is C51H85NO12. The van der Waals surface area contributed by atoms with Gasteiger partial charge in [0.1, 0.15) is 24.4 Å². The molecule has 64 heavy (non-hydrogen) atoms. The van der Waals surface area contributed by atoms with Crippen LogP contribution >= 0.6 is 0 Å². The number of hydrogen-bond acceptors (Lipinski definition) is 12. The lowest BCUT2D eigenvalue weighted by Gasteiger charge is -2.43. The lowest BCUT2D eigenvalue weighted by atomic mass is 9.84. The third kappa shape index (κ3) is 21.9. The van der Waals surface area contributed by atoms with Crippen molar-refractivity contribution in [1.29, 1.82) is 0 Å². The molecule has 13 heteroatoms. The predicted octanol–water partition coefficient (Wildman–Crippen LogP) is 7.80. The smallest absolute Gasteiger partial charge is 0.249 e. The molecule has 0 saturated carbocycles. The van der Waals surface area contributed by atoms with Crippen molar-refractivity contribution in [1.82, 2.24) is 5.32 Å². The Morgan fingerprint density at radius 3 is 1.86 bits per heavy atom. The van der Waals surface area contributed by atoms with Crippen molar-refractivity contribution in [2.45, 2.75) is 210 Å². The van der Waals surface area contributed by atoms with Crippen LogP contribution in [0.1, 0.15) is 167 Å². The maximum absolute atomic E-state index is 13.2. The number of aliphatic hydroxyl groups is 6. The zero-order chi connectivity index (χ0) is 47.0. The van der Waals surface area contributed by atoms with Gasteiger partial charge in [-0.05, 0) is 68.7 Å². The van der Waals surface area contributed by atoms with Crippen LogP contribution in [0.3, 0.4) is 0 Å². The Hall–Kier alpha value is -3.14. The van der Waals surface area contributed by atoms with Crippen molar-refractivity contribution in [3.63, 3.8) is 0 Å². The van der Waals surface area contributed by atoms with E-state index in [4.69, 9.17) is 18.9 Å². The van der Waals surface area contributed by atoms with Crippen LogP contribution in [0, 0.1) is 0 Å². The molecule has 0 spiro atoms. The van der Waals surface area contributed by atoms with Crippen molar-refractivity contribution in [2.24, 2.45) is 0 Å². The Morgan fingerprint density at radius 1 is 0.766 bits per heavy atom. The van der Waals surface area contributed by atoms with Gasteiger partial charge in [-0.15, -0.1) is 0 Å². The average molecular weight is 904 g/mol. The number of allylic oxidation sites excluding steroid dienone is 3. The van der Waals surface area contributed by atoms with Crippen molar-refractivity contribution >= 4 is 17.8 Å². The molecule has 1 aromatic rings. The van der Waals surface area contributed by atoms with E-state index in [1.807, 2.05) is 6.08 Å². The summed E-state index contributed by atoms with van der Waals surface area (Å²) < 4.78 is 21.6. The number of methoxy groups -OCH3 is 2.